The van der Waals surface area contributed by atoms with Crippen LogP contribution in [-0.4, -0.2) is 72.0 Å². The second kappa shape index (κ2) is 15.7. The van der Waals surface area contributed by atoms with E-state index in [0.717, 1.165) is 54.1 Å². The van der Waals surface area contributed by atoms with Crippen LogP contribution in [0.3, 0.4) is 0 Å². The molecule has 0 bridgehead atoms. The summed E-state index contributed by atoms with van der Waals surface area (Å²) in [5.74, 6) is 0.255. The van der Waals surface area contributed by atoms with Gasteiger partial charge in [-0.3, -0.25) is 27.4 Å². The Balaban J connectivity index is 2.07. The molecule has 18 heteroatoms. The van der Waals surface area contributed by atoms with E-state index in [4.69, 9.17) is 32.9 Å². The summed E-state index contributed by atoms with van der Waals surface area (Å²) in [5.41, 5.74) is 6.14. The van der Waals surface area contributed by atoms with Crippen molar-refractivity contribution in [2.24, 2.45) is 11.7 Å². The average Bonchev–Trinajstić information content (AvgIpc) is 3.57. The molecule has 0 aromatic rings. The molecule has 4 unspecified atom stereocenters. The molecule has 1 aliphatic heterocycles. The number of nitrogens with one attached hydrogen (secondary N) is 1. The predicted octanol–water partition coefficient (Wildman–Crippen LogP) is 3.88. The number of amides is 1. The first kappa shape index (κ1) is 34.0. The number of ether oxygens (including phenoxy) is 2. The fourth-order valence-corrected chi connectivity index (χ4v) is 8.64. The lowest BCUT2D eigenvalue weighted by molar-refractivity contribution is -0.121. The molecule has 38 heavy (non-hydrogen) atoms. The van der Waals surface area contributed by atoms with Crippen LogP contribution in [0.15, 0.2) is 0 Å². The first-order valence-electron chi connectivity index (χ1n) is 12.4. The van der Waals surface area contributed by atoms with Gasteiger partial charge in [0.2, 0.25) is 5.91 Å². The van der Waals surface area contributed by atoms with Gasteiger partial charge >= 0.3 is 23.5 Å². The molecule has 1 heterocycles. The standard InChI is InChI=1S/C20H41N2O13P3/c1-6-20(23)22-12-11-19(21)33-17-13-16(15-9-7-8-10-15)32-18(17)14-31-37(25,29-4)35-38(26,30-5)34-36(24,27-2)28-3/h15-19H,6-14,21H2,1-5H3,(H,22,23)/t16-,17-,18?,19?,37?,38?/m1/s1. The molecule has 0 radical (unpaired) electrons. The second-order valence-corrected chi connectivity index (χ2v) is 14.4. The van der Waals surface area contributed by atoms with Crippen LogP contribution in [0.1, 0.15) is 51.9 Å². The number of phosphoric acid groups is 3. The lowest BCUT2D eigenvalue weighted by atomic mass is 9.97. The van der Waals surface area contributed by atoms with E-state index in [9.17, 15) is 18.5 Å². The zero-order valence-electron chi connectivity index (χ0n) is 22.5. The van der Waals surface area contributed by atoms with Gasteiger partial charge in [0.15, 0.2) is 0 Å². The number of carbonyl (C=O) groups is 1. The molecule has 1 saturated carbocycles. The molecule has 1 aliphatic carbocycles. The van der Waals surface area contributed by atoms with Gasteiger partial charge in [-0.2, -0.15) is 8.62 Å². The molecular formula is C20H41N2O13P3. The molecule has 2 fully saturated rings. The Morgan fingerprint density at radius 3 is 2.11 bits per heavy atom. The van der Waals surface area contributed by atoms with Crippen LogP contribution in [0.2, 0.25) is 0 Å². The number of hydrogen-bond acceptors (Lipinski definition) is 14. The Kier molecular flexibility index (Phi) is 14.0. The Labute approximate surface area is 223 Å². The third-order valence-electron chi connectivity index (χ3n) is 6.27. The maximum Gasteiger partial charge on any atom is 0.492 e. The smallest absolute Gasteiger partial charge is 0.369 e. The maximum absolute atomic E-state index is 13.1. The molecule has 1 amide bonds. The van der Waals surface area contributed by atoms with Crippen LogP contribution < -0.4 is 11.1 Å². The van der Waals surface area contributed by atoms with Crippen LogP contribution >= 0.6 is 23.5 Å². The minimum absolute atomic E-state index is 0.0889. The first-order chi connectivity index (χ1) is 17.9. The SMILES string of the molecule is CCC(=O)NCCC(N)O[C@@H]1C[C@H](C2CCCC2)OC1COP(=O)(OC)OP(=O)(OC)OP(=O)(OC)OC. The van der Waals surface area contributed by atoms with E-state index in [-0.39, 0.29) is 18.6 Å². The molecule has 1 saturated heterocycles. The van der Waals surface area contributed by atoms with Crippen LogP contribution in [0.4, 0.5) is 0 Å². The van der Waals surface area contributed by atoms with E-state index in [1.165, 1.54) is 0 Å². The van der Waals surface area contributed by atoms with E-state index in [2.05, 4.69) is 18.9 Å². The van der Waals surface area contributed by atoms with Gasteiger partial charge in [-0.1, -0.05) is 19.8 Å². The summed E-state index contributed by atoms with van der Waals surface area (Å²) in [6, 6.07) is 0. The normalized spacial score (nSPS) is 26.6. The largest absolute Gasteiger partial charge is 0.492 e. The van der Waals surface area contributed by atoms with Gasteiger partial charge in [0.1, 0.15) is 12.3 Å². The van der Waals surface area contributed by atoms with Crippen molar-refractivity contribution < 1.29 is 59.2 Å². The van der Waals surface area contributed by atoms with Gasteiger partial charge < -0.3 is 20.5 Å². The summed E-state index contributed by atoms with van der Waals surface area (Å²) >= 11 is 0. The van der Waals surface area contributed by atoms with Crippen LogP contribution in [0, 0.1) is 5.92 Å². The molecule has 15 nitrogen and oxygen atoms in total. The number of rotatable bonds is 18. The lowest BCUT2D eigenvalue weighted by Gasteiger charge is -2.26. The molecule has 2 aliphatic rings. The first-order valence-corrected chi connectivity index (χ1v) is 16.8. The maximum atomic E-state index is 13.1. The molecule has 0 aromatic carbocycles. The van der Waals surface area contributed by atoms with E-state index in [1.54, 1.807) is 6.92 Å². The monoisotopic (exact) mass is 610 g/mol. The average molecular weight is 610 g/mol. The minimum Gasteiger partial charge on any atom is -0.369 e. The van der Waals surface area contributed by atoms with Gasteiger partial charge in [-0.25, -0.2) is 13.7 Å². The summed E-state index contributed by atoms with van der Waals surface area (Å²) in [5, 5.41) is 2.74. The van der Waals surface area contributed by atoms with Crippen LogP contribution in [0.25, 0.3) is 0 Å². The van der Waals surface area contributed by atoms with Crippen molar-refractivity contribution >= 4 is 29.4 Å². The highest BCUT2D eigenvalue weighted by atomic mass is 31.3. The fourth-order valence-electron chi connectivity index (χ4n) is 4.18. The van der Waals surface area contributed by atoms with E-state index < -0.39 is 41.9 Å². The minimum atomic E-state index is -4.80. The highest BCUT2D eigenvalue weighted by Crippen LogP contribution is 2.72. The Morgan fingerprint density at radius 2 is 1.55 bits per heavy atom. The molecule has 0 aromatic heterocycles. The van der Waals surface area contributed by atoms with Crippen LogP contribution in [0.5, 0.6) is 0 Å². The highest BCUT2D eigenvalue weighted by Gasteiger charge is 2.47. The molecule has 0 spiro atoms. The van der Waals surface area contributed by atoms with Crippen molar-refractivity contribution in [2.75, 3.05) is 41.6 Å². The predicted molar refractivity (Wildman–Crippen MR) is 135 cm³/mol. The zero-order chi connectivity index (χ0) is 28.4. The molecule has 3 N–H and O–H groups in total. The van der Waals surface area contributed by atoms with E-state index >= 15 is 0 Å². The third kappa shape index (κ3) is 10.3. The Bertz CT molecular complexity index is 880. The van der Waals surface area contributed by atoms with Crippen molar-refractivity contribution in [2.45, 2.75) is 76.4 Å². The molecule has 2 rings (SSSR count). The van der Waals surface area contributed by atoms with Gasteiger partial charge in [0.25, 0.3) is 0 Å². The summed E-state index contributed by atoms with van der Waals surface area (Å²) in [6.45, 7) is 1.76. The van der Waals surface area contributed by atoms with E-state index in [0.29, 0.717) is 31.7 Å². The third-order valence-corrected chi connectivity index (χ3v) is 11.7. The zero-order valence-corrected chi connectivity index (χ0v) is 25.2. The Hall–Kier alpha value is -0.240. The summed E-state index contributed by atoms with van der Waals surface area (Å²) < 4.78 is 84.2. The number of hydrogen-bond donors (Lipinski definition) is 2. The quantitative estimate of drug-likeness (QED) is 0.168. The topological polar surface area (TPSA) is 189 Å². The van der Waals surface area contributed by atoms with Crippen molar-refractivity contribution in [3.05, 3.63) is 0 Å². The number of carbonyl (C=O) groups excluding carboxylic acids is 1. The lowest BCUT2D eigenvalue weighted by Crippen LogP contribution is -2.38. The van der Waals surface area contributed by atoms with Gasteiger partial charge in [0.05, 0.1) is 18.8 Å². The van der Waals surface area contributed by atoms with Crippen molar-refractivity contribution in [3.63, 3.8) is 0 Å². The highest BCUT2D eigenvalue weighted by molar-refractivity contribution is 7.67. The van der Waals surface area contributed by atoms with Gasteiger partial charge in [0, 0.05) is 54.2 Å². The van der Waals surface area contributed by atoms with Crippen molar-refractivity contribution in [1.82, 2.24) is 5.32 Å². The van der Waals surface area contributed by atoms with Crippen molar-refractivity contribution in [3.8, 4) is 0 Å². The fraction of sp³-hybridized carbons (Fsp3) is 0.950. The van der Waals surface area contributed by atoms with Crippen LogP contribution in [-0.2, 0) is 59.2 Å². The number of nitrogens with two attached hydrogens (primary N) is 1. The second-order valence-electron chi connectivity index (χ2n) is 8.73. The number of phosphoric ester groups is 2. The molecule has 6 atom stereocenters. The summed E-state index contributed by atoms with van der Waals surface area (Å²) in [4.78, 5) is 11.5. The van der Waals surface area contributed by atoms with Crippen molar-refractivity contribution in [1.29, 1.82) is 0 Å². The Morgan fingerprint density at radius 1 is 0.974 bits per heavy atom. The van der Waals surface area contributed by atoms with Gasteiger partial charge in [-0.15, -0.1) is 0 Å². The summed E-state index contributed by atoms with van der Waals surface area (Å²) in [7, 11) is -9.86. The van der Waals surface area contributed by atoms with Gasteiger partial charge in [-0.05, 0) is 18.8 Å². The molecule has 224 valence electrons. The van der Waals surface area contributed by atoms with E-state index in [1.807, 2.05) is 0 Å². The molecular weight excluding hydrogens is 569 g/mol. The summed E-state index contributed by atoms with van der Waals surface area (Å²) in [6.07, 6.45) is 3.49.